The summed E-state index contributed by atoms with van der Waals surface area (Å²) < 4.78 is 11.9. The second-order valence-corrected chi connectivity index (χ2v) is 8.51. The van der Waals surface area contributed by atoms with E-state index >= 15 is 0 Å². The van der Waals surface area contributed by atoms with E-state index in [2.05, 4.69) is 31.2 Å². The van der Waals surface area contributed by atoms with E-state index in [9.17, 15) is 4.79 Å². The number of hydrogen-bond acceptors (Lipinski definition) is 4. The van der Waals surface area contributed by atoms with Crippen molar-refractivity contribution in [3.8, 4) is 39.4 Å². The van der Waals surface area contributed by atoms with E-state index in [-0.39, 0.29) is 5.43 Å². The van der Waals surface area contributed by atoms with Gasteiger partial charge in [0.1, 0.15) is 24.2 Å². The van der Waals surface area contributed by atoms with Crippen molar-refractivity contribution in [1.29, 1.82) is 0 Å². The number of ether oxygens (including phenoxy) is 1. The summed E-state index contributed by atoms with van der Waals surface area (Å²) in [6.45, 7) is 4.37. The Morgan fingerprint density at radius 3 is 2.45 bits per heavy atom. The lowest BCUT2D eigenvalue weighted by Gasteiger charge is -2.23. The van der Waals surface area contributed by atoms with Crippen molar-refractivity contribution in [2.75, 3.05) is 0 Å². The van der Waals surface area contributed by atoms with E-state index in [0.29, 0.717) is 23.1 Å². The molecule has 0 saturated carbocycles. The van der Waals surface area contributed by atoms with Crippen molar-refractivity contribution in [2.24, 2.45) is 0 Å². The number of aromatic nitrogens is 1. The van der Waals surface area contributed by atoms with Gasteiger partial charge in [0.15, 0.2) is 0 Å². The molecule has 0 fully saturated rings. The van der Waals surface area contributed by atoms with E-state index in [1.807, 2.05) is 55.5 Å². The Morgan fingerprint density at radius 2 is 1.61 bits per heavy atom. The van der Waals surface area contributed by atoms with Crippen LogP contribution in [0.4, 0.5) is 0 Å². The maximum Gasteiger partial charge on any atom is 0.200 e. The summed E-state index contributed by atoms with van der Waals surface area (Å²) >= 11 is 0. The van der Waals surface area contributed by atoms with Crippen LogP contribution in [0.25, 0.3) is 44.6 Å². The van der Waals surface area contributed by atoms with Gasteiger partial charge in [-0.15, -0.1) is 0 Å². The average Bonchev–Trinajstić information content (AvgIpc) is 2.84. The molecule has 0 aliphatic carbocycles. The minimum atomic E-state index is -0.0536. The molecule has 1 aliphatic rings. The zero-order valence-electron chi connectivity index (χ0n) is 18.4. The Balaban J connectivity index is 1.67. The fraction of sp³-hybridized carbons (Fsp3) is 0.103. The molecule has 0 unspecified atom stereocenters. The molecule has 0 amide bonds. The van der Waals surface area contributed by atoms with Gasteiger partial charge in [-0.25, -0.2) is 4.98 Å². The Morgan fingerprint density at radius 1 is 0.818 bits per heavy atom. The van der Waals surface area contributed by atoms with Gasteiger partial charge in [-0.2, -0.15) is 0 Å². The summed E-state index contributed by atoms with van der Waals surface area (Å²) in [4.78, 5) is 18.6. The lowest BCUT2D eigenvalue weighted by molar-refractivity contribution is 0.302. The lowest BCUT2D eigenvalue weighted by Crippen LogP contribution is -2.13. The largest absolute Gasteiger partial charge is 0.488 e. The number of nitrogens with zero attached hydrogens (tertiary/aromatic N) is 1. The minimum Gasteiger partial charge on any atom is -0.488 e. The second kappa shape index (κ2) is 7.45. The molecule has 0 N–H and O–H groups in total. The standard InChI is InChI=1S/C29H21NO3/c1-17-7-10-19(11-8-17)25-14-21(23-15-32-26-6-4-3-5-20(26)28(23)30-25)24-16-33-27-12-9-18(2)13-22(27)29(24)31/h3-14,16H,15H2,1-2H3. The molecule has 1 aliphatic heterocycles. The number of pyridine rings is 1. The van der Waals surface area contributed by atoms with Gasteiger partial charge in [0, 0.05) is 16.7 Å². The van der Waals surface area contributed by atoms with Crippen LogP contribution in [0.15, 0.2) is 88.3 Å². The van der Waals surface area contributed by atoms with Crippen molar-refractivity contribution < 1.29 is 9.15 Å². The maximum absolute atomic E-state index is 13.6. The first-order valence-corrected chi connectivity index (χ1v) is 10.9. The third-order valence-corrected chi connectivity index (χ3v) is 6.20. The molecule has 160 valence electrons. The zero-order valence-corrected chi connectivity index (χ0v) is 18.4. The van der Waals surface area contributed by atoms with Crippen molar-refractivity contribution in [3.05, 3.63) is 106 Å². The first-order chi connectivity index (χ1) is 16.1. The summed E-state index contributed by atoms with van der Waals surface area (Å²) in [7, 11) is 0. The third kappa shape index (κ3) is 3.23. The van der Waals surface area contributed by atoms with Crippen LogP contribution < -0.4 is 10.2 Å². The van der Waals surface area contributed by atoms with Crippen LogP contribution in [0.1, 0.15) is 16.7 Å². The Kier molecular flexibility index (Phi) is 4.40. The molecule has 5 aromatic rings. The van der Waals surface area contributed by atoms with Gasteiger partial charge in [0.25, 0.3) is 0 Å². The summed E-state index contributed by atoms with van der Waals surface area (Å²) in [6.07, 6.45) is 1.56. The number of para-hydroxylation sites is 1. The van der Waals surface area contributed by atoms with Crippen LogP contribution >= 0.6 is 0 Å². The summed E-state index contributed by atoms with van der Waals surface area (Å²) in [5.74, 6) is 0.797. The summed E-state index contributed by atoms with van der Waals surface area (Å²) in [5, 5.41) is 0.576. The highest BCUT2D eigenvalue weighted by atomic mass is 16.5. The van der Waals surface area contributed by atoms with Gasteiger partial charge in [-0.1, -0.05) is 53.6 Å². The molecule has 3 aromatic carbocycles. The van der Waals surface area contributed by atoms with Crippen molar-refractivity contribution in [3.63, 3.8) is 0 Å². The number of aryl methyl sites for hydroxylation is 2. The maximum atomic E-state index is 13.6. The van der Waals surface area contributed by atoms with Crippen LogP contribution in [0.5, 0.6) is 5.75 Å². The van der Waals surface area contributed by atoms with E-state index in [4.69, 9.17) is 14.1 Å². The highest BCUT2D eigenvalue weighted by Crippen LogP contribution is 2.41. The second-order valence-electron chi connectivity index (χ2n) is 8.51. The molecule has 3 heterocycles. The van der Waals surface area contributed by atoms with Gasteiger partial charge in [0.2, 0.25) is 5.43 Å². The summed E-state index contributed by atoms with van der Waals surface area (Å²) in [6, 6.07) is 23.8. The molecule has 6 rings (SSSR count). The van der Waals surface area contributed by atoms with Gasteiger partial charge in [0.05, 0.1) is 22.3 Å². The van der Waals surface area contributed by atoms with Crippen LogP contribution in [-0.2, 0) is 6.61 Å². The molecule has 0 saturated heterocycles. The van der Waals surface area contributed by atoms with Gasteiger partial charge >= 0.3 is 0 Å². The number of rotatable bonds is 2. The average molecular weight is 431 g/mol. The third-order valence-electron chi connectivity index (χ3n) is 6.20. The fourth-order valence-corrected chi connectivity index (χ4v) is 4.42. The Bertz CT molecular complexity index is 1600. The predicted molar refractivity (Wildman–Crippen MR) is 130 cm³/mol. The van der Waals surface area contributed by atoms with E-state index in [1.165, 1.54) is 5.56 Å². The minimum absolute atomic E-state index is 0.0536. The van der Waals surface area contributed by atoms with Crippen LogP contribution in [0.3, 0.4) is 0 Å². The van der Waals surface area contributed by atoms with E-state index in [0.717, 1.165) is 45.0 Å². The van der Waals surface area contributed by atoms with Crippen molar-refractivity contribution >= 4 is 11.0 Å². The topological polar surface area (TPSA) is 52.3 Å². The van der Waals surface area contributed by atoms with Crippen LogP contribution in [-0.4, -0.2) is 4.98 Å². The molecule has 0 radical (unpaired) electrons. The Hall–Kier alpha value is -4.18. The van der Waals surface area contributed by atoms with E-state index < -0.39 is 0 Å². The van der Waals surface area contributed by atoms with Gasteiger partial charge in [-0.05, 0) is 49.7 Å². The number of fused-ring (bicyclic) bond motifs is 4. The molecule has 0 atom stereocenters. The van der Waals surface area contributed by atoms with Crippen LogP contribution in [0, 0.1) is 13.8 Å². The normalized spacial score (nSPS) is 12.2. The van der Waals surface area contributed by atoms with Crippen LogP contribution in [0.2, 0.25) is 0 Å². The first kappa shape index (κ1) is 19.5. The SMILES string of the molecule is Cc1ccc(-c2cc(-c3coc4ccc(C)cc4c3=O)c3c(n2)-c2ccccc2OC3)cc1. The number of hydrogen-bond donors (Lipinski definition) is 0. The summed E-state index contributed by atoms with van der Waals surface area (Å²) in [5.41, 5.74) is 8.50. The van der Waals surface area contributed by atoms with Crippen molar-refractivity contribution in [2.45, 2.75) is 20.5 Å². The number of benzene rings is 3. The molecule has 0 bridgehead atoms. The quantitative estimate of drug-likeness (QED) is 0.312. The van der Waals surface area contributed by atoms with Gasteiger partial charge in [-0.3, -0.25) is 4.79 Å². The van der Waals surface area contributed by atoms with Crippen molar-refractivity contribution in [1.82, 2.24) is 4.98 Å². The highest BCUT2D eigenvalue weighted by molar-refractivity contribution is 5.87. The lowest BCUT2D eigenvalue weighted by atomic mass is 9.92. The molecule has 33 heavy (non-hydrogen) atoms. The highest BCUT2D eigenvalue weighted by Gasteiger charge is 2.25. The molecule has 4 nitrogen and oxygen atoms in total. The Labute approximate surface area is 191 Å². The molecule has 2 aromatic heterocycles. The fourth-order valence-electron chi connectivity index (χ4n) is 4.42. The molecular formula is C29H21NO3. The molecular weight excluding hydrogens is 410 g/mol. The smallest absolute Gasteiger partial charge is 0.200 e. The van der Waals surface area contributed by atoms with Gasteiger partial charge < -0.3 is 9.15 Å². The first-order valence-electron chi connectivity index (χ1n) is 10.9. The van der Waals surface area contributed by atoms with E-state index in [1.54, 1.807) is 6.26 Å². The monoisotopic (exact) mass is 431 g/mol. The molecule has 4 heteroatoms. The predicted octanol–water partition coefficient (Wildman–Crippen LogP) is 6.70. The molecule has 0 spiro atoms. The zero-order chi connectivity index (χ0) is 22.5.